The second-order valence-electron chi connectivity index (χ2n) is 9.26. The van der Waals surface area contributed by atoms with Crippen LogP contribution in [0.25, 0.3) is 0 Å². The second kappa shape index (κ2) is 11.2. The number of benzene rings is 2. The molecule has 1 aliphatic carbocycles. The van der Waals surface area contributed by atoms with E-state index in [9.17, 15) is 24.0 Å². The first-order valence-electron chi connectivity index (χ1n) is 12.3. The van der Waals surface area contributed by atoms with Crippen LogP contribution >= 0.6 is 0 Å². The van der Waals surface area contributed by atoms with Gasteiger partial charge in [0.25, 0.3) is 5.91 Å². The monoisotopic (exact) mass is 490 g/mol. The number of rotatable bonds is 8. The van der Waals surface area contributed by atoms with Crippen LogP contribution in [-0.2, 0) is 20.8 Å². The smallest absolute Gasteiger partial charge is 0.334 e. The fourth-order valence-electron chi connectivity index (χ4n) is 4.82. The predicted octanol–water partition coefficient (Wildman–Crippen LogP) is 2.97. The minimum Gasteiger partial charge on any atom is -0.352 e. The number of hydrogen-bond acceptors (Lipinski definition) is 5. The molecule has 1 aliphatic heterocycles. The number of hydrogen-bond donors (Lipinski definition) is 2. The van der Waals surface area contributed by atoms with Crippen LogP contribution in [0, 0.1) is 5.92 Å². The van der Waals surface area contributed by atoms with Gasteiger partial charge in [0.15, 0.2) is 0 Å². The van der Waals surface area contributed by atoms with Gasteiger partial charge < -0.3 is 10.6 Å². The van der Waals surface area contributed by atoms with Gasteiger partial charge in [-0.2, -0.15) is 0 Å². The number of anilines is 1. The summed E-state index contributed by atoms with van der Waals surface area (Å²) >= 11 is 0. The van der Waals surface area contributed by atoms with Gasteiger partial charge in [0.2, 0.25) is 5.91 Å². The number of nitrogens with one attached hydrogen (secondary N) is 2. The first kappa shape index (κ1) is 25.1. The van der Waals surface area contributed by atoms with E-state index in [1.807, 2.05) is 37.3 Å². The number of imide groups is 2. The molecule has 9 heteroatoms. The van der Waals surface area contributed by atoms with E-state index in [0.717, 1.165) is 29.7 Å². The van der Waals surface area contributed by atoms with Crippen molar-refractivity contribution in [2.75, 3.05) is 18.4 Å². The molecule has 4 rings (SSSR count). The number of urea groups is 1. The SMILES string of the molecule is C[C@@H]1CCCC[C@@H]1N1C(=O)C(=O)N(CC(=O)Nc2ccccc2C(=O)NCCc2ccccc2)C1=O. The van der Waals surface area contributed by atoms with Gasteiger partial charge in [0, 0.05) is 12.6 Å². The number of nitrogens with zero attached hydrogens (tertiary/aromatic N) is 2. The van der Waals surface area contributed by atoms with Gasteiger partial charge in [-0.25, -0.2) is 9.69 Å². The van der Waals surface area contributed by atoms with Crippen LogP contribution in [0.15, 0.2) is 54.6 Å². The van der Waals surface area contributed by atoms with Crippen molar-refractivity contribution in [1.82, 2.24) is 15.1 Å². The van der Waals surface area contributed by atoms with Gasteiger partial charge in [0.05, 0.1) is 11.3 Å². The van der Waals surface area contributed by atoms with Gasteiger partial charge in [-0.3, -0.25) is 24.1 Å². The summed E-state index contributed by atoms with van der Waals surface area (Å²) in [6, 6.07) is 15.1. The van der Waals surface area contributed by atoms with Crippen LogP contribution in [0.2, 0.25) is 0 Å². The number of para-hydroxylation sites is 1. The van der Waals surface area contributed by atoms with Gasteiger partial charge in [0.1, 0.15) is 6.54 Å². The molecule has 0 spiro atoms. The third-order valence-electron chi connectivity index (χ3n) is 6.77. The minimum absolute atomic E-state index is 0.0977. The summed E-state index contributed by atoms with van der Waals surface area (Å²) in [6.45, 7) is 1.77. The highest BCUT2D eigenvalue weighted by molar-refractivity contribution is 6.45. The fourth-order valence-corrected chi connectivity index (χ4v) is 4.82. The third kappa shape index (κ3) is 5.45. The molecule has 2 atom stereocenters. The Balaban J connectivity index is 1.38. The molecule has 0 radical (unpaired) electrons. The Morgan fingerprint density at radius 2 is 1.61 bits per heavy atom. The predicted molar refractivity (Wildman–Crippen MR) is 133 cm³/mol. The molecule has 188 valence electrons. The average molecular weight is 491 g/mol. The van der Waals surface area contributed by atoms with Crippen LogP contribution in [0.3, 0.4) is 0 Å². The van der Waals surface area contributed by atoms with Crippen LogP contribution < -0.4 is 10.6 Å². The molecule has 0 unspecified atom stereocenters. The molecule has 2 aromatic rings. The molecule has 2 aromatic carbocycles. The highest BCUT2D eigenvalue weighted by atomic mass is 16.2. The minimum atomic E-state index is -1.00. The van der Waals surface area contributed by atoms with E-state index < -0.39 is 30.3 Å². The fraction of sp³-hybridized carbons (Fsp3) is 0.370. The Labute approximate surface area is 209 Å². The molecule has 36 heavy (non-hydrogen) atoms. The molecule has 1 saturated heterocycles. The van der Waals surface area contributed by atoms with Crippen molar-refractivity contribution in [2.45, 2.75) is 45.1 Å². The second-order valence-corrected chi connectivity index (χ2v) is 9.26. The molecule has 0 bridgehead atoms. The van der Waals surface area contributed by atoms with E-state index in [2.05, 4.69) is 10.6 Å². The molecular formula is C27H30N4O5. The lowest BCUT2D eigenvalue weighted by atomic mass is 9.85. The maximum atomic E-state index is 12.9. The molecular weight excluding hydrogens is 460 g/mol. The van der Waals surface area contributed by atoms with E-state index >= 15 is 0 Å². The average Bonchev–Trinajstić information content (AvgIpc) is 3.08. The molecule has 2 fully saturated rings. The molecule has 0 aromatic heterocycles. The quantitative estimate of drug-likeness (QED) is 0.436. The highest BCUT2D eigenvalue weighted by Crippen LogP contribution is 2.31. The summed E-state index contributed by atoms with van der Waals surface area (Å²) in [4.78, 5) is 65.3. The summed E-state index contributed by atoms with van der Waals surface area (Å²) in [6.07, 6.45) is 4.09. The summed E-state index contributed by atoms with van der Waals surface area (Å²) in [5, 5.41) is 5.45. The Bertz CT molecular complexity index is 1170. The first-order valence-corrected chi connectivity index (χ1v) is 12.3. The van der Waals surface area contributed by atoms with Crippen molar-refractivity contribution in [1.29, 1.82) is 0 Å². The van der Waals surface area contributed by atoms with E-state index in [1.54, 1.807) is 24.3 Å². The largest absolute Gasteiger partial charge is 0.352 e. The Hall–Kier alpha value is -4.01. The first-order chi connectivity index (χ1) is 17.4. The number of amides is 6. The Morgan fingerprint density at radius 3 is 2.36 bits per heavy atom. The number of carbonyl (C=O) groups excluding carboxylic acids is 5. The van der Waals surface area contributed by atoms with E-state index in [4.69, 9.17) is 0 Å². The topological polar surface area (TPSA) is 116 Å². The van der Waals surface area contributed by atoms with E-state index in [1.165, 1.54) is 0 Å². The van der Waals surface area contributed by atoms with Crippen molar-refractivity contribution in [2.24, 2.45) is 5.92 Å². The van der Waals surface area contributed by atoms with Gasteiger partial charge in [-0.15, -0.1) is 0 Å². The van der Waals surface area contributed by atoms with Crippen LogP contribution in [0.5, 0.6) is 0 Å². The van der Waals surface area contributed by atoms with Crippen LogP contribution in [0.4, 0.5) is 10.5 Å². The van der Waals surface area contributed by atoms with Gasteiger partial charge in [-0.05, 0) is 42.9 Å². The lowest BCUT2D eigenvalue weighted by Crippen LogP contribution is -2.46. The van der Waals surface area contributed by atoms with Crippen molar-refractivity contribution in [3.63, 3.8) is 0 Å². The zero-order valence-corrected chi connectivity index (χ0v) is 20.2. The normalized spacial score (nSPS) is 20.0. The molecule has 2 aliphatic rings. The van der Waals surface area contributed by atoms with Crippen molar-refractivity contribution >= 4 is 35.3 Å². The van der Waals surface area contributed by atoms with E-state index in [0.29, 0.717) is 24.3 Å². The Morgan fingerprint density at radius 1 is 0.917 bits per heavy atom. The van der Waals surface area contributed by atoms with Gasteiger partial charge in [-0.1, -0.05) is 62.2 Å². The van der Waals surface area contributed by atoms with E-state index in [-0.39, 0.29) is 29.1 Å². The summed E-state index contributed by atoms with van der Waals surface area (Å²) in [5.41, 5.74) is 1.60. The summed E-state index contributed by atoms with van der Waals surface area (Å²) < 4.78 is 0. The molecule has 9 nitrogen and oxygen atoms in total. The highest BCUT2D eigenvalue weighted by Gasteiger charge is 2.49. The molecule has 6 amide bonds. The third-order valence-corrected chi connectivity index (χ3v) is 6.77. The lowest BCUT2D eigenvalue weighted by molar-refractivity contribution is -0.145. The van der Waals surface area contributed by atoms with Crippen LogP contribution in [-0.4, -0.2) is 58.6 Å². The Kier molecular flexibility index (Phi) is 7.77. The molecule has 2 N–H and O–H groups in total. The van der Waals surface area contributed by atoms with Crippen molar-refractivity contribution < 1.29 is 24.0 Å². The van der Waals surface area contributed by atoms with Gasteiger partial charge >= 0.3 is 17.8 Å². The van der Waals surface area contributed by atoms with Crippen molar-refractivity contribution in [3.05, 3.63) is 65.7 Å². The molecule has 1 saturated carbocycles. The van der Waals surface area contributed by atoms with Crippen LogP contribution in [0.1, 0.15) is 48.5 Å². The van der Waals surface area contributed by atoms with Crippen molar-refractivity contribution in [3.8, 4) is 0 Å². The standard InChI is InChI=1S/C27H30N4O5/c1-18-9-5-8-14-22(18)31-26(35)25(34)30(27(31)36)17-23(32)29-21-13-7-6-12-20(21)24(33)28-16-15-19-10-3-2-4-11-19/h2-4,6-7,10-13,18,22H,5,8-9,14-17H2,1H3,(H,28,33)(H,29,32)/t18-,22+/m1/s1. The zero-order chi connectivity index (χ0) is 25.7. The lowest BCUT2D eigenvalue weighted by Gasteiger charge is -2.34. The maximum absolute atomic E-state index is 12.9. The molecule has 1 heterocycles. The number of carbonyl (C=O) groups is 5. The summed E-state index contributed by atoms with van der Waals surface area (Å²) in [5.74, 6) is -2.82. The zero-order valence-electron chi connectivity index (χ0n) is 20.2. The summed E-state index contributed by atoms with van der Waals surface area (Å²) in [7, 11) is 0. The maximum Gasteiger partial charge on any atom is 0.334 e.